The van der Waals surface area contributed by atoms with Gasteiger partial charge in [0.2, 0.25) is 0 Å². The molecule has 1 N–H and O–H groups in total. The monoisotopic (exact) mass is 227 g/mol. The molecule has 0 aromatic heterocycles. The van der Waals surface area contributed by atoms with Crippen LogP contribution in [0.4, 0.5) is 0 Å². The van der Waals surface area contributed by atoms with E-state index in [1.165, 1.54) is 26.2 Å². The molecule has 3 nitrogen and oxygen atoms in total. The van der Waals surface area contributed by atoms with Crippen molar-refractivity contribution in [2.45, 2.75) is 58.5 Å². The van der Waals surface area contributed by atoms with Crippen LogP contribution in [0.5, 0.6) is 0 Å². The van der Waals surface area contributed by atoms with E-state index in [1.54, 1.807) is 0 Å². The molecule has 3 heteroatoms. The zero-order valence-electron chi connectivity index (χ0n) is 10.3. The van der Waals surface area contributed by atoms with Gasteiger partial charge < -0.3 is 15.0 Å². The minimum absolute atomic E-state index is 0.392. The SMILES string of the molecule is CCCCCC/C=C/CC(O)C(C)C(=O)[O-]. The number of carbonyl (C=O) groups excluding carboxylic acids is 1. The zero-order chi connectivity index (χ0) is 12.4. The number of aliphatic hydroxyl groups excluding tert-OH is 1. The summed E-state index contributed by atoms with van der Waals surface area (Å²) in [7, 11) is 0. The third-order valence-corrected chi connectivity index (χ3v) is 2.72. The van der Waals surface area contributed by atoms with Crippen molar-refractivity contribution in [2.24, 2.45) is 5.92 Å². The Hall–Kier alpha value is -0.830. The number of aliphatic hydroxyl groups is 1. The van der Waals surface area contributed by atoms with E-state index in [0.717, 1.165) is 12.8 Å². The third kappa shape index (κ3) is 7.46. The van der Waals surface area contributed by atoms with Crippen molar-refractivity contribution in [3.8, 4) is 0 Å². The highest BCUT2D eigenvalue weighted by Crippen LogP contribution is 2.08. The van der Waals surface area contributed by atoms with Gasteiger partial charge in [0.15, 0.2) is 0 Å². The van der Waals surface area contributed by atoms with Crippen molar-refractivity contribution in [1.29, 1.82) is 0 Å². The highest BCUT2D eigenvalue weighted by Gasteiger charge is 2.12. The quantitative estimate of drug-likeness (QED) is 0.481. The molecule has 0 aliphatic rings. The average molecular weight is 227 g/mol. The first-order chi connectivity index (χ1) is 7.59. The second kappa shape index (κ2) is 9.40. The van der Waals surface area contributed by atoms with Gasteiger partial charge in [-0.3, -0.25) is 0 Å². The van der Waals surface area contributed by atoms with Crippen molar-refractivity contribution in [3.05, 3.63) is 12.2 Å². The molecule has 0 saturated heterocycles. The molecule has 0 radical (unpaired) electrons. The number of carbonyl (C=O) groups is 1. The molecule has 0 rings (SSSR count). The highest BCUT2D eigenvalue weighted by atomic mass is 16.4. The summed E-state index contributed by atoms with van der Waals surface area (Å²) < 4.78 is 0. The van der Waals surface area contributed by atoms with Gasteiger partial charge in [-0.25, -0.2) is 0 Å². The number of carboxylic acid groups (broad SMARTS) is 1. The predicted molar refractivity (Wildman–Crippen MR) is 62.7 cm³/mol. The van der Waals surface area contributed by atoms with Crippen LogP contribution in [0, 0.1) is 5.92 Å². The highest BCUT2D eigenvalue weighted by molar-refractivity contribution is 5.67. The third-order valence-electron chi connectivity index (χ3n) is 2.72. The van der Waals surface area contributed by atoms with Gasteiger partial charge >= 0.3 is 0 Å². The Labute approximate surface area is 98.2 Å². The standard InChI is InChI=1S/C13H24O3/c1-3-4-5-6-7-8-9-10-12(14)11(2)13(15)16/h8-9,11-12,14H,3-7,10H2,1-2H3,(H,15,16)/p-1/b9-8+. The van der Waals surface area contributed by atoms with Gasteiger partial charge in [-0.15, -0.1) is 0 Å². The van der Waals surface area contributed by atoms with E-state index >= 15 is 0 Å². The maximum absolute atomic E-state index is 10.5. The molecule has 16 heavy (non-hydrogen) atoms. The Balaban J connectivity index is 3.55. The smallest absolute Gasteiger partial charge is 0.0652 e. The molecule has 0 spiro atoms. The normalized spacial score (nSPS) is 15.2. The van der Waals surface area contributed by atoms with Gasteiger partial charge in [-0.1, -0.05) is 45.3 Å². The molecule has 0 amide bonds. The Bertz CT molecular complexity index is 211. The number of carboxylic acids is 1. The lowest BCUT2D eigenvalue weighted by atomic mass is 10.0. The molecule has 2 atom stereocenters. The summed E-state index contributed by atoms with van der Waals surface area (Å²) in [5.41, 5.74) is 0. The van der Waals surface area contributed by atoms with Crippen LogP contribution < -0.4 is 5.11 Å². The number of hydrogen-bond donors (Lipinski definition) is 1. The minimum atomic E-state index is -1.19. The topological polar surface area (TPSA) is 60.4 Å². The molecule has 0 saturated carbocycles. The van der Waals surface area contributed by atoms with E-state index in [4.69, 9.17) is 0 Å². The Kier molecular flexibility index (Phi) is 8.91. The van der Waals surface area contributed by atoms with Crippen LogP contribution in [-0.4, -0.2) is 17.2 Å². The van der Waals surface area contributed by atoms with Crippen LogP contribution in [0.3, 0.4) is 0 Å². The van der Waals surface area contributed by atoms with Crippen molar-refractivity contribution in [3.63, 3.8) is 0 Å². The number of hydrogen-bond acceptors (Lipinski definition) is 3. The molecular formula is C13H23O3-. The van der Waals surface area contributed by atoms with Gasteiger partial charge in [-0.05, 0) is 19.3 Å². The first-order valence-corrected chi connectivity index (χ1v) is 6.13. The lowest BCUT2D eigenvalue weighted by Crippen LogP contribution is -2.36. The van der Waals surface area contributed by atoms with Crippen molar-refractivity contribution < 1.29 is 15.0 Å². The molecule has 0 heterocycles. The summed E-state index contributed by atoms with van der Waals surface area (Å²) in [6, 6.07) is 0. The van der Waals surface area contributed by atoms with E-state index in [1.807, 2.05) is 12.2 Å². The van der Waals surface area contributed by atoms with Gasteiger partial charge in [0.25, 0.3) is 0 Å². The fourth-order valence-electron chi connectivity index (χ4n) is 1.40. The molecule has 0 aliphatic heterocycles. The zero-order valence-corrected chi connectivity index (χ0v) is 10.3. The second-order valence-electron chi connectivity index (χ2n) is 4.23. The van der Waals surface area contributed by atoms with E-state index < -0.39 is 18.0 Å². The molecule has 0 fully saturated rings. The molecule has 94 valence electrons. The van der Waals surface area contributed by atoms with Crippen LogP contribution in [-0.2, 0) is 4.79 Å². The van der Waals surface area contributed by atoms with Crippen LogP contribution in [0.15, 0.2) is 12.2 Å². The predicted octanol–water partition coefficient (Wildman–Crippen LogP) is 1.65. The second-order valence-corrected chi connectivity index (χ2v) is 4.23. The number of rotatable bonds is 9. The molecule has 0 aromatic carbocycles. The molecule has 0 bridgehead atoms. The summed E-state index contributed by atoms with van der Waals surface area (Å²) in [5, 5.41) is 19.9. The fraction of sp³-hybridized carbons (Fsp3) is 0.769. The minimum Gasteiger partial charge on any atom is -0.550 e. The largest absolute Gasteiger partial charge is 0.550 e. The number of unbranched alkanes of at least 4 members (excludes halogenated alkanes) is 4. The number of allylic oxidation sites excluding steroid dienone is 1. The van der Waals surface area contributed by atoms with Crippen LogP contribution in [0.1, 0.15) is 52.4 Å². The van der Waals surface area contributed by atoms with Gasteiger partial charge in [0.05, 0.1) is 6.10 Å². The Morgan fingerprint density at radius 2 is 2.00 bits per heavy atom. The maximum Gasteiger partial charge on any atom is 0.0652 e. The summed E-state index contributed by atoms with van der Waals surface area (Å²) in [5.74, 6) is -1.99. The van der Waals surface area contributed by atoms with E-state index in [2.05, 4.69) is 6.92 Å². The molecular weight excluding hydrogens is 204 g/mol. The lowest BCUT2D eigenvalue weighted by Gasteiger charge is -2.17. The molecule has 2 unspecified atom stereocenters. The fourth-order valence-corrected chi connectivity index (χ4v) is 1.40. The molecule has 0 aliphatic carbocycles. The van der Waals surface area contributed by atoms with Gasteiger partial charge in [-0.2, -0.15) is 0 Å². The lowest BCUT2D eigenvalue weighted by molar-refractivity contribution is -0.313. The summed E-state index contributed by atoms with van der Waals surface area (Å²) in [6.07, 6.45) is 9.32. The Morgan fingerprint density at radius 3 is 2.56 bits per heavy atom. The van der Waals surface area contributed by atoms with E-state index in [-0.39, 0.29) is 0 Å². The van der Waals surface area contributed by atoms with Gasteiger partial charge in [0.1, 0.15) is 0 Å². The van der Waals surface area contributed by atoms with E-state index in [9.17, 15) is 15.0 Å². The van der Waals surface area contributed by atoms with Crippen molar-refractivity contribution in [2.75, 3.05) is 0 Å². The summed E-state index contributed by atoms with van der Waals surface area (Å²) in [4.78, 5) is 10.5. The summed E-state index contributed by atoms with van der Waals surface area (Å²) >= 11 is 0. The van der Waals surface area contributed by atoms with Gasteiger partial charge in [0, 0.05) is 11.9 Å². The first kappa shape index (κ1) is 15.2. The molecule has 0 aromatic rings. The van der Waals surface area contributed by atoms with Crippen molar-refractivity contribution in [1.82, 2.24) is 0 Å². The van der Waals surface area contributed by atoms with Crippen LogP contribution in [0.2, 0.25) is 0 Å². The van der Waals surface area contributed by atoms with Crippen LogP contribution >= 0.6 is 0 Å². The summed E-state index contributed by atoms with van der Waals surface area (Å²) in [6.45, 7) is 3.64. The number of aliphatic carboxylic acids is 1. The average Bonchev–Trinajstić information content (AvgIpc) is 2.26. The Morgan fingerprint density at radius 1 is 1.31 bits per heavy atom. The van der Waals surface area contributed by atoms with E-state index in [0.29, 0.717) is 6.42 Å². The van der Waals surface area contributed by atoms with Crippen LogP contribution in [0.25, 0.3) is 0 Å². The first-order valence-electron chi connectivity index (χ1n) is 6.13. The maximum atomic E-state index is 10.5. The van der Waals surface area contributed by atoms with Crippen molar-refractivity contribution >= 4 is 5.97 Å².